The number of hydrogen-bond acceptors (Lipinski definition) is 5. The van der Waals surface area contributed by atoms with Gasteiger partial charge in [0.2, 0.25) is 10.0 Å². The number of β-amino-alcohol motifs (C(OH)–C–C–N with tert-alkyl or cyclic N) is 1. The summed E-state index contributed by atoms with van der Waals surface area (Å²) >= 11 is 0. The van der Waals surface area contributed by atoms with Gasteiger partial charge >= 0.3 is 0 Å². The third-order valence-electron chi connectivity index (χ3n) is 5.68. The zero-order valence-electron chi connectivity index (χ0n) is 16.0. The summed E-state index contributed by atoms with van der Waals surface area (Å²) < 4.78 is 46.6. The Kier molecular flexibility index (Phi) is 5.87. The quantitative estimate of drug-likeness (QED) is 0.802. The monoisotopic (exact) mass is 420 g/mol. The molecule has 156 valence electrons. The largest absolute Gasteiger partial charge is 0.487 e. The number of sulfonamides is 1. The van der Waals surface area contributed by atoms with Crippen LogP contribution in [0.15, 0.2) is 59.5 Å². The molecule has 8 heteroatoms. The molecule has 1 N–H and O–H groups in total. The van der Waals surface area contributed by atoms with Crippen LogP contribution in [-0.4, -0.2) is 67.2 Å². The number of aliphatic hydroxyl groups is 1. The van der Waals surface area contributed by atoms with Crippen molar-refractivity contribution in [2.24, 2.45) is 0 Å². The fourth-order valence-corrected chi connectivity index (χ4v) is 5.57. The summed E-state index contributed by atoms with van der Waals surface area (Å²) in [5, 5.41) is 10.5. The van der Waals surface area contributed by atoms with Gasteiger partial charge in [0.05, 0.1) is 17.0 Å². The molecule has 2 aromatic rings. The Labute approximate surface area is 170 Å². The number of likely N-dealkylation sites (tertiary alicyclic amines) is 1. The van der Waals surface area contributed by atoms with Crippen LogP contribution in [0.1, 0.15) is 12.8 Å². The van der Waals surface area contributed by atoms with Crippen LogP contribution in [0.5, 0.6) is 5.75 Å². The molecule has 0 aromatic heterocycles. The first kappa shape index (κ1) is 20.3. The van der Waals surface area contributed by atoms with Gasteiger partial charge in [-0.2, -0.15) is 4.31 Å². The molecule has 0 unspecified atom stereocenters. The second-order valence-electron chi connectivity index (χ2n) is 7.55. The van der Waals surface area contributed by atoms with Gasteiger partial charge < -0.3 is 9.84 Å². The third kappa shape index (κ3) is 4.30. The van der Waals surface area contributed by atoms with Crippen molar-refractivity contribution in [3.05, 3.63) is 60.4 Å². The predicted molar refractivity (Wildman–Crippen MR) is 107 cm³/mol. The molecule has 0 spiro atoms. The first-order chi connectivity index (χ1) is 13.9. The van der Waals surface area contributed by atoms with E-state index in [0.717, 1.165) is 0 Å². The van der Waals surface area contributed by atoms with E-state index in [1.165, 1.54) is 10.4 Å². The van der Waals surface area contributed by atoms with Gasteiger partial charge in [-0.05, 0) is 37.1 Å². The number of benzene rings is 2. The van der Waals surface area contributed by atoms with Crippen LogP contribution in [0.4, 0.5) is 4.39 Å². The van der Waals surface area contributed by atoms with E-state index in [1.807, 2.05) is 0 Å². The molecule has 0 radical (unpaired) electrons. The van der Waals surface area contributed by atoms with Crippen LogP contribution >= 0.6 is 0 Å². The topological polar surface area (TPSA) is 70.1 Å². The second kappa shape index (κ2) is 8.39. The lowest BCUT2D eigenvalue weighted by molar-refractivity contribution is 0.0353. The molecule has 2 aromatic carbocycles. The molecule has 2 atom stereocenters. The molecule has 29 heavy (non-hydrogen) atoms. The fraction of sp³-hybridized carbons (Fsp3) is 0.429. The molecule has 2 aliphatic rings. The molecule has 0 bridgehead atoms. The molecule has 2 fully saturated rings. The number of hydrogen-bond donors (Lipinski definition) is 1. The van der Waals surface area contributed by atoms with Crippen molar-refractivity contribution in [3.8, 4) is 5.75 Å². The minimum absolute atomic E-state index is 0.0908. The van der Waals surface area contributed by atoms with Crippen molar-refractivity contribution in [1.82, 2.24) is 9.21 Å². The van der Waals surface area contributed by atoms with Crippen LogP contribution in [0.3, 0.4) is 0 Å². The molecule has 6 nitrogen and oxygen atoms in total. The number of halogens is 1. The molecule has 0 amide bonds. The van der Waals surface area contributed by atoms with Gasteiger partial charge in [-0.1, -0.05) is 30.3 Å². The van der Waals surface area contributed by atoms with E-state index in [1.54, 1.807) is 48.5 Å². The highest BCUT2D eigenvalue weighted by Crippen LogP contribution is 2.27. The molecule has 2 heterocycles. The number of rotatable bonds is 5. The highest BCUT2D eigenvalue weighted by atomic mass is 32.2. The van der Waals surface area contributed by atoms with Crippen molar-refractivity contribution >= 4 is 10.0 Å². The molecule has 0 saturated carbocycles. The summed E-state index contributed by atoms with van der Waals surface area (Å²) in [5.74, 6) is -0.116. The van der Waals surface area contributed by atoms with Crippen molar-refractivity contribution in [2.75, 3.05) is 26.2 Å². The lowest BCUT2D eigenvalue weighted by Crippen LogP contribution is -2.49. The average molecular weight is 421 g/mol. The maximum Gasteiger partial charge on any atom is 0.243 e. The number of para-hydroxylation sites is 1. The third-order valence-corrected chi connectivity index (χ3v) is 7.53. The van der Waals surface area contributed by atoms with E-state index in [4.69, 9.17) is 4.74 Å². The Morgan fingerprint density at radius 3 is 2.31 bits per heavy atom. The average Bonchev–Trinajstić information content (AvgIpc) is 3.13. The molecule has 4 rings (SSSR count). The Bertz CT molecular complexity index is 933. The molecular weight excluding hydrogens is 395 g/mol. The van der Waals surface area contributed by atoms with Crippen LogP contribution < -0.4 is 4.74 Å². The summed E-state index contributed by atoms with van der Waals surface area (Å²) in [6, 6.07) is 14.4. The zero-order chi connectivity index (χ0) is 20.4. The van der Waals surface area contributed by atoms with Gasteiger partial charge in [0.25, 0.3) is 0 Å². The summed E-state index contributed by atoms with van der Waals surface area (Å²) in [4.78, 5) is 2.36. The summed E-state index contributed by atoms with van der Waals surface area (Å²) in [5.41, 5.74) is 0. The smallest absolute Gasteiger partial charge is 0.243 e. The standard InChI is InChI=1S/C21H25FN2O4S/c22-18-8-4-5-9-21(18)28-16-10-12-23(13-11-16)19-14-24(15-20(19)25)29(26,27)17-6-2-1-3-7-17/h1-9,16,19-20,25H,10-15H2/t19-,20-/m1/s1. The molecular formula is C21H25FN2O4S. The Hall–Kier alpha value is -2.00. The number of nitrogens with zero attached hydrogens (tertiary/aromatic N) is 2. The lowest BCUT2D eigenvalue weighted by atomic mass is 10.0. The second-order valence-corrected chi connectivity index (χ2v) is 9.49. The number of aliphatic hydroxyl groups excluding tert-OH is 1. The summed E-state index contributed by atoms with van der Waals surface area (Å²) in [7, 11) is -3.62. The fourth-order valence-electron chi connectivity index (χ4n) is 4.08. The number of ether oxygens (including phenoxy) is 1. The summed E-state index contributed by atoms with van der Waals surface area (Å²) in [6.07, 6.45) is 0.565. The van der Waals surface area contributed by atoms with Crippen LogP contribution in [0.25, 0.3) is 0 Å². The SMILES string of the molecule is O=S(=O)(c1ccccc1)N1C[C@@H](O)[C@H](N2CCC(Oc3ccccc3F)CC2)C1. The maximum absolute atomic E-state index is 13.8. The minimum atomic E-state index is -3.62. The molecule has 0 aliphatic carbocycles. The normalized spacial score (nSPS) is 24.6. The van der Waals surface area contributed by atoms with Gasteiger partial charge in [-0.25, -0.2) is 12.8 Å². The van der Waals surface area contributed by atoms with E-state index in [2.05, 4.69) is 4.90 Å². The van der Waals surface area contributed by atoms with E-state index >= 15 is 0 Å². The first-order valence-corrected chi connectivity index (χ1v) is 11.3. The van der Waals surface area contributed by atoms with Crippen LogP contribution in [0, 0.1) is 5.82 Å². The highest BCUT2D eigenvalue weighted by Gasteiger charge is 2.42. The zero-order valence-corrected chi connectivity index (χ0v) is 16.8. The van der Waals surface area contributed by atoms with E-state index in [-0.39, 0.29) is 41.7 Å². The van der Waals surface area contributed by atoms with Gasteiger partial charge in [-0.3, -0.25) is 4.90 Å². The van der Waals surface area contributed by atoms with Crippen molar-refractivity contribution < 1.29 is 22.7 Å². The molecule has 2 saturated heterocycles. The number of piperidine rings is 1. The van der Waals surface area contributed by atoms with Crippen molar-refractivity contribution in [2.45, 2.75) is 36.0 Å². The minimum Gasteiger partial charge on any atom is -0.487 e. The Balaban J connectivity index is 1.36. The van der Waals surface area contributed by atoms with Crippen molar-refractivity contribution in [3.63, 3.8) is 0 Å². The van der Waals surface area contributed by atoms with Gasteiger partial charge in [0.1, 0.15) is 6.10 Å². The van der Waals surface area contributed by atoms with E-state index in [9.17, 15) is 17.9 Å². The maximum atomic E-state index is 13.8. The van der Waals surface area contributed by atoms with Gasteiger partial charge in [0, 0.05) is 26.2 Å². The van der Waals surface area contributed by atoms with Gasteiger partial charge in [-0.15, -0.1) is 0 Å². The Morgan fingerprint density at radius 1 is 0.966 bits per heavy atom. The van der Waals surface area contributed by atoms with E-state index < -0.39 is 16.1 Å². The van der Waals surface area contributed by atoms with Crippen molar-refractivity contribution in [1.29, 1.82) is 0 Å². The van der Waals surface area contributed by atoms with E-state index in [0.29, 0.717) is 25.9 Å². The summed E-state index contributed by atoms with van der Waals surface area (Å²) in [6.45, 7) is 1.69. The van der Waals surface area contributed by atoms with Crippen LogP contribution in [-0.2, 0) is 10.0 Å². The first-order valence-electron chi connectivity index (χ1n) is 9.83. The Morgan fingerprint density at radius 2 is 1.62 bits per heavy atom. The van der Waals surface area contributed by atoms with Crippen LogP contribution in [0.2, 0.25) is 0 Å². The molecule has 2 aliphatic heterocycles. The highest BCUT2D eigenvalue weighted by molar-refractivity contribution is 7.89. The predicted octanol–water partition coefficient (Wildman–Crippen LogP) is 2.10. The lowest BCUT2D eigenvalue weighted by Gasteiger charge is -2.36. The van der Waals surface area contributed by atoms with Gasteiger partial charge in [0.15, 0.2) is 11.6 Å².